The Balaban J connectivity index is 1.64. The Bertz CT molecular complexity index is 1040. The molecule has 0 fully saturated rings. The van der Waals surface area contributed by atoms with E-state index >= 15 is 0 Å². The summed E-state index contributed by atoms with van der Waals surface area (Å²) >= 11 is 3.69. The maximum Gasteiger partial charge on any atom is 0.0864 e. The van der Waals surface area contributed by atoms with Gasteiger partial charge in [0.2, 0.25) is 0 Å². The van der Waals surface area contributed by atoms with E-state index in [9.17, 15) is 0 Å². The molecule has 170 valence electrons. The van der Waals surface area contributed by atoms with Gasteiger partial charge in [-0.15, -0.1) is 22.7 Å². The van der Waals surface area contributed by atoms with Crippen LogP contribution >= 0.6 is 22.7 Å². The first-order chi connectivity index (χ1) is 15.6. The van der Waals surface area contributed by atoms with Crippen LogP contribution in [0.5, 0.6) is 0 Å². The molecule has 2 aliphatic rings. The van der Waals surface area contributed by atoms with Crippen molar-refractivity contribution in [1.29, 1.82) is 0 Å². The van der Waals surface area contributed by atoms with Crippen molar-refractivity contribution in [2.24, 2.45) is 5.92 Å². The first kappa shape index (κ1) is 22.1. The molecule has 32 heavy (non-hydrogen) atoms. The van der Waals surface area contributed by atoms with Crippen LogP contribution in [0.3, 0.4) is 0 Å². The van der Waals surface area contributed by atoms with Gasteiger partial charge in [-0.2, -0.15) is 0 Å². The predicted octanol–water partition coefficient (Wildman–Crippen LogP) is 7.94. The fourth-order valence-electron chi connectivity index (χ4n) is 5.38. The molecule has 2 aliphatic heterocycles. The maximum atomic E-state index is 6.35. The van der Waals surface area contributed by atoms with Crippen LogP contribution in [0.2, 0.25) is 0 Å². The number of nitrogens with zero attached hydrogens (tertiary/aromatic N) is 1. The van der Waals surface area contributed by atoms with Crippen LogP contribution < -0.4 is 4.90 Å². The number of thiophene rings is 2. The van der Waals surface area contributed by atoms with Crippen LogP contribution in [0.4, 0.5) is 5.69 Å². The average molecular weight is 468 g/mol. The number of rotatable bonds is 7. The monoisotopic (exact) mass is 467 g/mol. The van der Waals surface area contributed by atoms with Gasteiger partial charge in [0.15, 0.2) is 0 Å². The second kappa shape index (κ2) is 9.30. The third-order valence-electron chi connectivity index (χ3n) is 6.80. The van der Waals surface area contributed by atoms with E-state index in [1.54, 1.807) is 11.3 Å². The summed E-state index contributed by atoms with van der Waals surface area (Å²) in [7, 11) is 0. The van der Waals surface area contributed by atoms with Gasteiger partial charge in [0.25, 0.3) is 0 Å². The van der Waals surface area contributed by atoms with Crippen LogP contribution in [0.1, 0.15) is 63.9 Å². The zero-order chi connectivity index (χ0) is 22.2. The molecule has 0 aliphatic carbocycles. The number of ether oxygens (including phenoxy) is 2. The van der Waals surface area contributed by atoms with Crippen molar-refractivity contribution in [3.05, 3.63) is 52.9 Å². The molecule has 3 unspecified atom stereocenters. The smallest absolute Gasteiger partial charge is 0.0864 e. The topological polar surface area (TPSA) is 21.7 Å². The normalized spacial score (nSPS) is 22.4. The van der Waals surface area contributed by atoms with E-state index in [0.717, 1.165) is 32.6 Å². The van der Waals surface area contributed by atoms with Crippen LogP contribution in [0.15, 0.2) is 41.8 Å². The average Bonchev–Trinajstić information content (AvgIpc) is 3.48. The Morgan fingerprint density at radius 2 is 1.69 bits per heavy atom. The maximum absolute atomic E-state index is 6.35. The molecular weight excluding hydrogens is 434 g/mol. The van der Waals surface area contributed by atoms with Gasteiger partial charge >= 0.3 is 0 Å². The molecule has 5 heteroatoms. The minimum Gasteiger partial charge on any atom is -0.374 e. The summed E-state index contributed by atoms with van der Waals surface area (Å²) in [5.41, 5.74) is 5.39. The highest BCUT2D eigenvalue weighted by Gasteiger charge is 2.40. The summed E-state index contributed by atoms with van der Waals surface area (Å²) < 4.78 is 12.6. The number of anilines is 1. The molecule has 1 aromatic carbocycles. The summed E-state index contributed by atoms with van der Waals surface area (Å²) in [4.78, 5) is 6.66. The van der Waals surface area contributed by atoms with Gasteiger partial charge in [-0.1, -0.05) is 19.9 Å². The van der Waals surface area contributed by atoms with Crippen molar-refractivity contribution >= 4 is 28.4 Å². The lowest BCUT2D eigenvalue weighted by Crippen LogP contribution is -2.47. The molecule has 0 saturated heterocycles. The Labute approximate surface area is 200 Å². The Morgan fingerprint density at radius 1 is 0.969 bits per heavy atom. The first-order valence-electron chi connectivity index (χ1n) is 11.9. The van der Waals surface area contributed by atoms with Crippen molar-refractivity contribution in [2.45, 2.75) is 58.8 Å². The van der Waals surface area contributed by atoms with Crippen LogP contribution in [-0.4, -0.2) is 25.8 Å². The SMILES string of the molecule is CCOC1CCN2c3c1cc(-c1ccc(-c4cccs4)s1)cc3C(OCC)CC2C(C)C. The molecule has 5 rings (SSSR count). The molecule has 0 radical (unpaired) electrons. The third kappa shape index (κ3) is 3.94. The van der Waals surface area contributed by atoms with E-state index in [0.29, 0.717) is 12.0 Å². The van der Waals surface area contributed by atoms with Gasteiger partial charge in [0, 0.05) is 57.2 Å². The number of hydrogen-bond acceptors (Lipinski definition) is 5. The molecule has 0 amide bonds. The number of hydrogen-bond donors (Lipinski definition) is 0. The van der Waals surface area contributed by atoms with Gasteiger partial charge in [0.05, 0.1) is 12.2 Å². The second-order valence-electron chi connectivity index (χ2n) is 9.06. The lowest BCUT2D eigenvalue weighted by Gasteiger charge is -2.48. The molecule has 0 N–H and O–H groups in total. The lowest BCUT2D eigenvalue weighted by molar-refractivity contribution is 0.0329. The highest BCUT2D eigenvalue weighted by atomic mass is 32.1. The molecular formula is C27H33NO2S2. The van der Waals surface area contributed by atoms with Gasteiger partial charge in [-0.3, -0.25) is 0 Å². The molecule has 3 aromatic rings. The highest BCUT2D eigenvalue weighted by molar-refractivity contribution is 7.23. The van der Waals surface area contributed by atoms with E-state index in [1.165, 1.54) is 37.0 Å². The van der Waals surface area contributed by atoms with E-state index in [4.69, 9.17) is 9.47 Å². The summed E-state index contributed by atoms with van der Waals surface area (Å²) in [6, 6.07) is 14.2. The molecule has 0 bridgehead atoms. The quantitative estimate of drug-likeness (QED) is 0.352. The summed E-state index contributed by atoms with van der Waals surface area (Å²) in [6.07, 6.45) is 2.42. The molecule has 0 spiro atoms. The third-order valence-corrected chi connectivity index (χ3v) is 9.00. The van der Waals surface area contributed by atoms with E-state index in [1.807, 2.05) is 11.3 Å². The molecule has 3 atom stereocenters. The zero-order valence-corrected chi connectivity index (χ0v) is 21.1. The fraction of sp³-hybridized carbons (Fsp3) is 0.481. The van der Waals surface area contributed by atoms with E-state index in [2.05, 4.69) is 74.4 Å². The Morgan fingerprint density at radius 3 is 2.38 bits per heavy atom. The summed E-state index contributed by atoms with van der Waals surface area (Å²) in [5, 5.41) is 2.15. The van der Waals surface area contributed by atoms with Gasteiger partial charge in [-0.25, -0.2) is 0 Å². The molecule has 4 heterocycles. The minimum atomic E-state index is 0.148. The number of benzene rings is 1. The van der Waals surface area contributed by atoms with Gasteiger partial charge in [-0.05, 0) is 73.9 Å². The Hall–Kier alpha value is -1.66. The van der Waals surface area contributed by atoms with Crippen LogP contribution in [0, 0.1) is 5.92 Å². The van der Waals surface area contributed by atoms with Crippen LogP contribution in [-0.2, 0) is 9.47 Å². The molecule has 0 saturated carbocycles. The van der Waals surface area contributed by atoms with Gasteiger partial charge in [0.1, 0.15) is 0 Å². The minimum absolute atomic E-state index is 0.148. The van der Waals surface area contributed by atoms with E-state index < -0.39 is 0 Å². The van der Waals surface area contributed by atoms with Gasteiger partial charge < -0.3 is 14.4 Å². The van der Waals surface area contributed by atoms with Crippen LogP contribution in [0.25, 0.3) is 20.2 Å². The lowest BCUT2D eigenvalue weighted by atomic mass is 9.81. The van der Waals surface area contributed by atoms with Crippen molar-refractivity contribution in [2.75, 3.05) is 24.7 Å². The first-order valence-corrected chi connectivity index (χ1v) is 13.6. The zero-order valence-electron chi connectivity index (χ0n) is 19.5. The van der Waals surface area contributed by atoms with Crippen molar-refractivity contribution in [3.8, 4) is 20.2 Å². The predicted molar refractivity (Wildman–Crippen MR) is 137 cm³/mol. The summed E-state index contributed by atoms with van der Waals surface area (Å²) in [5.74, 6) is 0.591. The van der Waals surface area contributed by atoms with Crippen molar-refractivity contribution in [1.82, 2.24) is 0 Å². The largest absolute Gasteiger partial charge is 0.374 e. The van der Waals surface area contributed by atoms with E-state index in [-0.39, 0.29) is 12.2 Å². The standard InChI is InChI=1S/C27H33NO2S2/c1-5-29-22-11-12-28-21(17(3)4)16-23(30-6-2)20-15-18(14-19(22)27(20)28)24-9-10-26(32-24)25-8-7-13-31-25/h7-10,13-15,17,21-23H,5-6,11-12,16H2,1-4H3. The highest BCUT2D eigenvalue weighted by Crippen LogP contribution is 2.51. The second-order valence-corrected chi connectivity index (χ2v) is 11.1. The van der Waals surface area contributed by atoms with Crippen molar-refractivity contribution < 1.29 is 9.47 Å². The fourth-order valence-corrected chi connectivity index (χ4v) is 7.21. The molecule has 3 nitrogen and oxygen atoms in total. The Kier molecular flexibility index (Phi) is 6.44. The molecule has 2 aromatic heterocycles. The van der Waals surface area contributed by atoms with Crippen molar-refractivity contribution in [3.63, 3.8) is 0 Å². The summed E-state index contributed by atoms with van der Waals surface area (Å²) in [6.45, 7) is 11.5.